The standard InChI is InChI=1S/C11H10ClFN2O/c1-15-3-2-14-11(15)10(16)7-4-8(12)6-9(13)5-7/h2-6,10,16H,1H3. The van der Waals surface area contributed by atoms with Crippen LogP contribution in [0.25, 0.3) is 0 Å². The summed E-state index contributed by atoms with van der Waals surface area (Å²) in [6.45, 7) is 0. The van der Waals surface area contributed by atoms with Crippen LogP contribution >= 0.6 is 11.6 Å². The number of imidazole rings is 1. The van der Waals surface area contributed by atoms with Gasteiger partial charge in [0.1, 0.15) is 17.7 Å². The van der Waals surface area contributed by atoms with E-state index in [4.69, 9.17) is 11.6 Å². The quantitative estimate of drug-likeness (QED) is 0.875. The van der Waals surface area contributed by atoms with Crippen molar-refractivity contribution in [2.45, 2.75) is 6.10 Å². The van der Waals surface area contributed by atoms with Crippen molar-refractivity contribution in [3.63, 3.8) is 0 Å². The van der Waals surface area contributed by atoms with E-state index in [1.807, 2.05) is 0 Å². The smallest absolute Gasteiger partial charge is 0.142 e. The molecular formula is C11H10ClFN2O. The molecule has 0 aliphatic rings. The third-order valence-corrected chi connectivity index (χ3v) is 2.52. The zero-order valence-electron chi connectivity index (χ0n) is 8.56. The van der Waals surface area contributed by atoms with Gasteiger partial charge in [0.15, 0.2) is 0 Å². The first kappa shape index (κ1) is 11.1. The fourth-order valence-electron chi connectivity index (χ4n) is 1.52. The molecule has 3 nitrogen and oxygen atoms in total. The number of aliphatic hydroxyl groups is 1. The molecule has 0 aliphatic carbocycles. The Kier molecular flexibility index (Phi) is 2.94. The Balaban J connectivity index is 2.41. The van der Waals surface area contributed by atoms with Gasteiger partial charge in [0.2, 0.25) is 0 Å². The average molecular weight is 241 g/mol. The van der Waals surface area contributed by atoms with Gasteiger partial charge in [-0.25, -0.2) is 9.37 Å². The van der Waals surface area contributed by atoms with E-state index in [-0.39, 0.29) is 5.02 Å². The molecule has 2 aromatic rings. The van der Waals surface area contributed by atoms with Crippen LogP contribution in [-0.2, 0) is 7.05 Å². The number of hydrogen-bond acceptors (Lipinski definition) is 2. The Bertz CT molecular complexity index is 492. The molecule has 16 heavy (non-hydrogen) atoms. The molecule has 84 valence electrons. The topological polar surface area (TPSA) is 38.0 Å². The van der Waals surface area contributed by atoms with Gasteiger partial charge >= 0.3 is 0 Å². The monoisotopic (exact) mass is 240 g/mol. The largest absolute Gasteiger partial charge is 0.380 e. The number of aryl methyl sites for hydroxylation is 1. The maximum atomic E-state index is 13.1. The van der Waals surface area contributed by atoms with Crippen molar-refractivity contribution in [3.8, 4) is 0 Å². The van der Waals surface area contributed by atoms with Gasteiger partial charge in [-0.2, -0.15) is 0 Å². The van der Waals surface area contributed by atoms with Gasteiger partial charge in [-0.05, 0) is 23.8 Å². The molecule has 0 saturated heterocycles. The molecule has 1 heterocycles. The fraction of sp³-hybridized carbons (Fsp3) is 0.182. The minimum absolute atomic E-state index is 0.253. The van der Waals surface area contributed by atoms with Crippen molar-refractivity contribution in [2.75, 3.05) is 0 Å². The summed E-state index contributed by atoms with van der Waals surface area (Å²) >= 11 is 5.72. The third kappa shape index (κ3) is 2.08. The maximum Gasteiger partial charge on any atom is 0.142 e. The Morgan fingerprint density at radius 1 is 1.44 bits per heavy atom. The number of benzene rings is 1. The van der Waals surface area contributed by atoms with Gasteiger partial charge in [0.25, 0.3) is 0 Å². The highest BCUT2D eigenvalue weighted by atomic mass is 35.5. The highest BCUT2D eigenvalue weighted by Crippen LogP contribution is 2.24. The SMILES string of the molecule is Cn1ccnc1C(O)c1cc(F)cc(Cl)c1. The van der Waals surface area contributed by atoms with Crippen molar-refractivity contribution in [1.29, 1.82) is 0 Å². The predicted molar refractivity (Wildman–Crippen MR) is 58.7 cm³/mol. The van der Waals surface area contributed by atoms with Crippen LogP contribution in [0, 0.1) is 5.82 Å². The summed E-state index contributed by atoms with van der Waals surface area (Å²) in [5.74, 6) is -0.0302. The summed E-state index contributed by atoms with van der Waals surface area (Å²) in [6, 6.07) is 3.95. The molecule has 0 amide bonds. The lowest BCUT2D eigenvalue weighted by Crippen LogP contribution is -2.07. The molecule has 1 aromatic carbocycles. The molecular weight excluding hydrogens is 231 g/mol. The molecule has 1 N–H and O–H groups in total. The lowest BCUT2D eigenvalue weighted by Gasteiger charge is -2.11. The second-order valence-corrected chi connectivity index (χ2v) is 3.94. The number of aliphatic hydroxyl groups excluding tert-OH is 1. The Hall–Kier alpha value is -1.39. The summed E-state index contributed by atoms with van der Waals surface area (Å²) in [5.41, 5.74) is 0.388. The minimum Gasteiger partial charge on any atom is -0.380 e. The zero-order valence-corrected chi connectivity index (χ0v) is 9.32. The van der Waals surface area contributed by atoms with Crippen molar-refractivity contribution in [2.24, 2.45) is 7.05 Å². The number of nitrogens with zero attached hydrogens (tertiary/aromatic N) is 2. The summed E-state index contributed by atoms with van der Waals surface area (Å²) in [6.07, 6.45) is 2.30. The first-order valence-electron chi connectivity index (χ1n) is 4.69. The van der Waals surface area contributed by atoms with E-state index < -0.39 is 11.9 Å². The van der Waals surface area contributed by atoms with E-state index >= 15 is 0 Å². The fourth-order valence-corrected chi connectivity index (χ4v) is 1.75. The van der Waals surface area contributed by atoms with Crippen molar-refractivity contribution >= 4 is 11.6 Å². The highest BCUT2D eigenvalue weighted by molar-refractivity contribution is 6.30. The van der Waals surface area contributed by atoms with E-state index in [0.717, 1.165) is 0 Å². The molecule has 0 aliphatic heterocycles. The second-order valence-electron chi connectivity index (χ2n) is 3.50. The minimum atomic E-state index is -0.979. The average Bonchev–Trinajstić information content (AvgIpc) is 2.62. The lowest BCUT2D eigenvalue weighted by molar-refractivity contribution is 0.206. The van der Waals surface area contributed by atoms with Crippen molar-refractivity contribution < 1.29 is 9.50 Å². The Morgan fingerprint density at radius 2 is 2.19 bits per heavy atom. The highest BCUT2D eigenvalue weighted by Gasteiger charge is 2.16. The van der Waals surface area contributed by atoms with Crippen molar-refractivity contribution in [3.05, 3.63) is 52.8 Å². The molecule has 1 atom stereocenters. The van der Waals surface area contributed by atoms with E-state index in [0.29, 0.717) is 11.4 Å². The first-order valence-corrected chi connectivity index (χ1v) is 5.07. The molecule has 0 bridgehead atoms. The summed E-state index contributed by atoms with van der Waals surface area (Å²) in [4.78, 5) is 4.00. The number of rotatable bonds is 2. The Morgan fingerprint density at radius 3 is 2.75 bits per heavy atom. The molecule has 0 radical (unpaired) electrons. The van der Waals surface area contributed by atoms with Crippen LogP contribution in [-0.4, -0.2) is 14.7 Å². The van der Waals surface area contributed by atoms with Gasteiger partial charge in [-0.15, -0.1) is 0 Å². The normalized spacial score (nSPS) is 12.8. The predicted octanol–water partition coefficient (Wildman–Crippen LogP) is 2.29. The van der Waals surface area contributed by atoms with E-state index in [9.17, 15) is 9.50 Å². The lowest BCUT2D eigenvalue weighted by atomic mass is 10.1. The van der Waals surface area contributed by atoms with Crippen LogP contribution in [0.15, 0.2) is 30.6 Å². The molecule has 2 rings (SSSR count). The number of hydrogen-bond donors (Lipinski definition) is 1. The van der Waals surface area contributed by atoms with Crippen molar-refractivity contribution in [1.82, 2.24) is 9.55 Å². The third-order valence-electron chi connectivity index (χ3n) is 2.30. The number of aromatic nitrogens is 2. The Labute approximate surface area is 97.1 Å². The van der Waals surface area contributed by atoms with Crippen LogP contribution in [0.4, 0.5) is 4.39 Å². The van der Waals surface area contributed by atoms with Gasteiger partial charge < -0.3 is 9.67 Å². The first-order chi connectivity index (χ1) is 7.58. The molecule has 0 saturated carbocycles. The summed E-state index contributed by atoms with van der Waals surface area (Å²) < 4.78 is 14.8. The molecule has 5 heteroatoms. The van der Waals surface area contributed by atoms with Crippen LogP contribution in [0.2, 0.25) is 5.02 Å². The van der Waals surface area contributed by atoms with Gasteiger partial charge in [0.05, 0.1) is 0 Å². The summed E-state index contributed by atoms with van der Waals surface area (Å²) in [7, 11) is 1.76. The van der Waals surface area contributed by atoms with Gasteiger partial charge in [-0.1, -0.05) is 11.6 Å². The molecule has 1 aromatic heterocycles. The van der Waals surface area contributed by atoms with E-state index in [1.165, 1.54) is 18.2 Å². The van der Waals surface area contributed by atoms with Crippen LogP contribution < -0.4 is 0 Å². The molecule has 0 spiro atoms. The van der Waals surface area contributed by atoms with Crippen LogP contribution in [0.1, 0.15) is 17.5 Å². The van der Waals surface area contributed by atoms with Crippen LogP contribution in [0.5, 0.6) is 0 Å². The molecule has 1 unspecified atom stereocenters. The number of halogens is 2. The van der Waals surface area contributed by atoms with Gasteiger partial charge in [-0.3, -0.25) is 0 Å². The summed E-state index contributed by atoms with van der Waals surface area (Å²) in [5, 5.41) is 10.3. The van der Waals surface area contributed by atoms with Crippen LogP contribution in [0.3, 0.4) is 0 Å². The zero-order chi connectivity index (χ0) is 11.7. The van der Waals surface area contributed by atoms with E-state index in [2.05, 4.69) is 4.98 Å². The molecule has 0 fully saturated rings. The van der Waals surface area contributed by atoms with E-state index in [1.54, 1.807) is 24.0 Å². The van der Waals surface area contributed by atoms with Gasteiger partial charge in [0, 0.05) is 24.5 Å². The maximum absolute atomic E-state index is 13.1. The second kappa shape index (κ2) is 4.23.